The topological polar surface area (TPSA) is 130 Å². The van der Waals surface area contributed by atoms with Gasteiger partial charge in [0.25, 0.3) is 5.91 Å². The van der Waals surface area contributed by atoms with Crippen LogP contribution in [0.15, 0.2) is 24.5 Å². The van der Waals surface area contributed by atoms with Gasteiger partial charge in [0.1, 0.15) is 18.2 Å². The number of nitrogens with zero attached hydrogens (tertiary/aromatic N) is 5. The fourth-order valence-corrected chi connectivity index (χ4v) is 9.20. The van der Waals surface area contributed by atoms with Crippen LogP contribution in [0.4, 0.5) is 5.82 Å². The van der Waals surface area contributed by atoms with Crippen LogP contribution in [-0.4, -0.2) is 51.0 Å². The highest BCUT2D eigenvalue weighted by atomic mass is 28.3. The Labute approximate surface area is 294 Å². The fraction of sp³-hybridized carbons (Fsp3) is 0.658. The number of anilines is 1. The van der Waals surface area contributed by atoms with Crippen molar-refractivity contribution in [2.75, 3.05) is 11.9 Å². The lowest BCUT2D eigenvalue weighted by Crippen LogP contribution is -2.39. The second kappa shape index (κ2) is 16.6. The third kappa shape index (κ3) is 8.89. The van der Waals surface area contributed by atoms with E-state index < -0.39 is 19.9 Å². The number of carbonyl (C=O) groups excluding carboxylic acids is 2. The zero-order valence-electron chi connectivity index (χ0n) is 30.8. The Morgan fingerprint density at radius 1 is 0.980 bits per heavy atom. The number of hydrogen-bond donors (Lipinski definition) is 2. The van der Waals surface area contributed by atoms with Crippen molar-refractivity contribution in [2.45, 2.75) is 136 Å². The van der Waals surface area contributed by atoms with Crippen molar-refractivity contribution in [1.82, 2.24) is 24.5 Å². The summed E-state index contributed by atoms with van der Waals surface area (Å²) in [4.78, 5) is 32.3. The first-order chi connectivity index (χ1) is 23.5. The van der Waals surface area contributed by atoms with E-state index in [-0.39, 0.29) is 11.8 Å². The maximum Gasteiger partial charge on any atom is 0.267 e. The van der Waals surface area contributed by atoms with Gasteiger partial charge in [0, 0.05) is 49.8 Å². The van der Waals surface area contributed by atoms with Gasteiger partial charge in [-0.2, -0.15) is 10.2 Å². The Balaban J connectivity index is 1.43. The maximum atomic E-state index is 14.6. The number of pyridine rings is 1. The van der Waals surface area contributed by atoms with Gasteiger partial charge >= 0.3 is 0 Å². The third-order valence-electron chi connectivity index (χ3n) is 10.9. The summed E-state index contributed by atoms with van der Waals surface area (Å²) in [6.07, 6.45) is 16.0. The van der Waals surface area contributed by atoms with Gasteiger partial charge in [0.05, 0.1) is 17.8 Å². The predicted molar refractivity (Wildman–Crippen MR) is 198 cm³/mol. The lowest BCUT2D eigenvalue weighted by molar-refractivity contribution is -0.120. The van der Waals surface area contributed by atoms with Gasteiger partial charge in [-0.25, -0.2) is 9.67 Å². The molecule has 1 atom stereocenters. The van der Waals surface area contributed by atoms with Gasteiger partial charge in [-0.05, 0) is 56.2 Å². The lowest BCUT2D eigenvalue weighted by Gasteiger charge is -2.41. The normalized spacial score (nSPS) is 17.0. The number of amides is 2. The fourth-order valence-electron chi connectivity index (χ4n) is 8.45. The molecule has 2 saturated carbocycles. The first kappa shape index (κ1) is 37.0. The second-order valence-electron chi connectivity index (χ2n) is 15.5. The molecule has 3 aromatic heterocycles. The molecular weight excluding hydrogens is 631 g/mol. The Morgan fingerprint density at radius 3 is 2.16 bits per heavy atom. The summed E-state index contributed by atoms with van der Waals surface area (Å²) in [7, 11) is -1.17. The number of aromatic nitrogens is 5. The summed E-state index contributed by atoms with van der Waals surface area (Å²) in [5.41, 5.74) is 11.1. The maximum absolute atomic E-state index is 14.6. The molecule has 0 bridgehead atoms. The number of rotatable bonds is 15. The minimum Gasteiger partial charge on any atom is -0.364 e. The molecule has 5 rings (SSSR count). The van der Waals surface area contributed by atoms with Crippen LogP contribution >= 0.6 is 0 Å². The van der Waals surface area contributed by atoms with Crippen LogP contribution in [0.2, 0.25) is 25.7 Å². The molecule has 2 fully saturated rings. The zero-order chi connectivity index (χ0) is 35.1. The summed E-state index contributed by atoms with van der Waals surface area (Å²) < 4.78 is 9.66. The highest BCUT2D eigenvalue weighted by molar-refractivity contribution is 6.76. The largest absolute Gasteiger partial charge is 0.364 e. The number of carbonyl (C=O) groups is 2. The predicted octanol–water partition coefficient (Wildman–Crippen LogP) is 7.94. The van der Waals surface area contributed by atoms with E-state index in [0.29, 0.717) is 42.2 Å². The van der Waals surface area contributed by atoms with E-state index in [1.165, 1.54) is 38.5 Å². The summed E-state index contributed by atoms with van der Waals surface area (Å²) in [5, 5.41) is 12.6. The second-order valence-corrected chi connectivity index (χ2v) is 21.1. The lowest BCUT2D eigenvalue weighted by atomic mass is 9.63. The number of nitrogens with one attached hydrogen (secondary N) is 1. The highest BCUT2D eigenvalue weighted by Crippen LogP contribution is 2.48. The number of aryl methyl sites for hydroxylation is 2. The average Bonchev–Trinajstić information content (AvgIpc) is 3.66. The first-order valence-electron chi connectivity index (χ1n) is 18.8. The smallest absolute Gasteiger partial charge is 0.267 e. The van der Waals surface area contributed by atoms with E-state index in [1.807, 2.05) is 36.9 Å². The Bertz CT molecular complexity index is 1530. The SMILES string of the molecule is CCc1c(-c2ccc(NC(=O)C(c3cnn(CC)c3C(N)=O)C(C3CCCCC3)C3CCCCC3)nc2)c(C)nn1COCC[Si](C)(C)C. The van der Waals surface area contributed by atoms with Gasteiger partial charge in [0.2, 0.25) is 5.91 Å². The van der Waals surface area contributed by atoms with E-state index >= 15 is 0 Å². The van der Waals surface area contributed by atoms with Crippen molar-refractivity contribution in [3.63, 3.8) is 0 Å². The van der Waals surface area contributed by atoms with Gasteiger partial charge in [0.15, 0.2) is 0 Å². The zero-order valence-corrected chi connectivity index (χ0v) is 31.8. The van der Waals surface area contributed by atoms with Crippen molar-refractivity contribution in [3.05, 3.63) is 47.2 Å². The van der Waals surface area contributed by atoms with Gasteiger partial charge in [-0.1, -0.05) is 90.8 Å². The first-order valence-corrected chi connectivity index (χ1v) is 22.5. The molecule has 0 radical (unpaired) electrons. The molecule has 49 heavy (non-hydrogen) atoms. The molecule has 0 aliphatic heterocycles. The van der Waals surface area contributed by atoms with Gasteiger partial charge < -0.3 is 15.8 Å². The monoisotopic (exact) mass is 689 g/mol. The van der Waals surface area contributed by atoms with Crippen LogP contribution in [0.1, 0.15) is 111 Å². The van der Waals surface area contributed by atoms with Crippen LogP contribution in [0.3, 0.4) is 0 Å². The quantitative estimate of drug-likeness (QED) is 0.123. The van der Waals surface area contributed by atoms with E-state index in [1.54, 1.807) is 10.9 Å². The molecule has 268 valence electrons. The van der Waals surface area contributed by atoms with Gasteiger partial charge in [-0.3, -0.25) is 14.3 Å². The molecule has 0 aromatic carbocycles. The van der Waals surface area contributed by atoms with E-state index in [4.69, 9.17) is 20.6 Å². The third-order valence-corrected chi connectivity index (χ3v) is 12.6. The summed E-state index contributed by atoms with van der Waals surface area (Å²) in [5.74, 6) is 0.231. The molecule has 2 amide bonds. The molecule has 10 nitrogen and oxygen atoms in total. The summed E-state index contributed by atoms with van der Waals surface area (Å²) in [6.45, 7) is 14.9. The van der Waals surface area contributed by atoms with Crippen LogP contribution in [0, 0.1) is 24.7 Å². The molecule has 0 spiro atoms. The summed E-state index contributed by atoms with van der Waals surface area (Å²) >= 11 is 0. The molecule has 3 heterocycles. The molecule has 2 aliphatic rings. The van der Waals surface area contributed by atoms with Gasteiger partial charge in [-0.15, -0.1) is 0 Å². The standard InChI is InChI=1S/C38H59N7O3Si/c1-7-31-33(26(3)43-45(31)25-48-21-22-49(4,5)6)29-19-20-32(40-23-29)42-38(47)35(30-24-41-44(8-2)36(30)37(39)46)34(27-15-11-9-12-16-27)28-17-13-10-14-18-28/h19-20,23-24,27-28,34-35H,7-18,21-22,25H2,1-6H3,(H2,39,46)(H,40,42,47). The molecule has 11 heteroatoms. The minimum absolute atomic E-state index is 0.112. The van der Waals surface area contributed by atoms with Crippen LogP contribution in [0.5, 0.6) is 0 Å². The number of primary amides is 1. The minimum atomic E-state index is -1.17. The molecule has 3 N–H and O–H groups in total. The highest BCUT2D eigenvalue weighted by Gasteiger charge is 2.43. The number of nitrogens with two attached hydrogens (primary N) is 1. The van der Waals surface area contributed by atoms with E-state index in [2.05, 4.69) is 37.0 Å². The average molecular weight is 690 g/mol. The molecule has 1 unspecified atom stereocenters. The molecule has 2 aliphatic carbocycles. The Hall–Kier alpha value is -3.31. The van der Waals surface area contributed by atoms with Crippen LogP contribution < -0.4 is 11.1 Å². The van der Waals surface area contributed by atoms with Crippen LogP contribution in [-0.2, 0) is 29.2 Å². The molecule has 0 saturated heterocycles. The van der Waals surface area contributed by atoms with E-state index in [9.17, 15) is 9.59 Å². The number of ether oxygens (including phenoxy) is 1. The molecule has 3 aromatic rings. The van der Waals surface area contributed by atoms with Crippen molar-refractivity contribution < 1.29 is 14.3 Å². The van der Waals surface area contributed by atoms with Crippen molar-refractivity contribution in [1.29, 1.82) is 0 Å². The summed E-state index contributed by atoms with van der Waals surface area (Å²) in [6, 6.07) is 5.01. The Kier molecular flexibility index (Phi) is 12.5. The Morgan fingerprint density at radius 2 is 1.63 bits per heavy atom. The van der Waals surface area contributed by atoms with Crippen LogP contribution in [0.25, 0.3) is 11.1 Å². The van der Waals surface area contributed by atoms with Crippen molar-refractivity contribution >= 4 is 25.7 Å². The molecular formula is C38H59N7O3Si. The van der Waals surface area contributed by atoms with Crippen molar-refractivity contribution in [2.24, 2.45) is 23.5 Å². The number of hydrogen-bond acceptors (Lipinski definition) is 6. The van der Waals surface area contributed by atoms with E-state index in [0.717, 1.165) is 67.3 Å². The van der Waals surface area contributed by atoms with Crippen molar-refractivity contribution in [3.8, 4) is 11.1 Å².